The first-order chi connectivity index (χ1) is 8.31. The number of fused-ring (bicyclic) bond motifs is 1. The fourth-order valence-electron chi connectivity index (χ4n) is 1.42. The number of hydrogen-bond donors (Lipinski definition) is 0. The van der Waals surface area contributed by atoms with Crippen molar-refractivity contribution in [3.63, 3.8) is 0 Å². The van der Waals surface area contributed by atoms with Crippen LogP contribution in [0.2, 0.25) is 0 Å². The van der Waals surface area contributed by atoms with Gasteiger partial charge in [0, 0.05) is 11.6 Å². The maximum atomic E-state index is 11.4. The molecule has 3 nitrogen and oxygen atoms in total. The predicted molar refractivity (Wildman–Crippen MR) is 69.0 cm³/mol. The topological polar surface area (TPSA) is 39.2 Å². The first-order valence-corrected chi connectivity index (χ1v) is 5.83. The summed E-state index contributed by atoms with van der Waals surface area (Å²) in [5.74, 6) is -0.289. The summed E-state index contributed by atoms with van der Waals surface area (Å²) in [6.07, 6.45) is 1.73. The molecule has 0 atom stereocenters. The van der Waals surface area contributed by atoms with Gasteiger partial charge in [-0.1, -0.05) is 19.9 Å². The van der Waals surface area contributed by atoms with E-state index < -0.39 is 0 Å². The number of rotatable bonds is 2. The number of nitrogens with zero attached hydrogens (tertiary/aromatic N) is 1. The minimum Gasteiger partial charge on any atom is -0.462 e. The van der Waals surface area contributed by atoms with E-state index in [1.807, 2.05) is 32.0 Å². The van der Waals surface area contributed by atoms with Gasteiger partial charge in [-0.15, -0.1) is 0 Å². The monoisotopic (exact) mass is 231 g/mol. The van der Waals surface area contributed by atoms with Gasteiger partial charge in [0.05, 0.1) is 17.7 Å². The number of carbonyl (C=O) groups excluding carboxylic acids is 1. The highest BCUT2D eigenvalue weighted by molar-refractivity contribution is 5.94. The predicted octanol–water partition coefficient (Wildman–Crippen LogP) is 3.44. The third-order valence-electron chi connectivity index (χ3n) is 2.11. The van der Waals surface area contributed by atoms with Crippen molar-refractivity contribution >= 4 is 16.9 Å². The van der Waals surface area contributed by atoms with Gasteiger partial charge >= 0.3 is 5.97 Å². The first kappa shape index (κ1) is 13.2. The van der Waals surface area contributed by atoms with Crippen LogP contribution in [0.3, 0.4) is 0 Å². The lowest BCUT2D eigenvalue weighted by Crippen LogP contribution is -2.04. The van der Waals surface area contributed by atoms with Crippen LogP contribution in [0.5, 0.6) is 0 Å². The molecule has 0 aliphatic carbocycles. The molecular formula is C14H17NO2. The van der Waals surface area contributed by atoms with E-state index in [-0.39, 0.29) is 5.97 Å². The molecule has 0 fully saturated rings. The summed E-state index contributed by atoms with van der Waals surface area (Å²) in [6.45, 7) is 6.18. The maximum absolute atomic E-state index is 11.4. The van der Waals surface area contributed by atoms with Crippen LogP contribution in [0.1, 0.15) is 31.1 Å². The molecule has 2 aromatic rings. The van der Waals surface area contributed by atoms with Crippen LogP contribution in [0.4, 0.5) is 0 Å². The zero-order valence-electron chi connectivity index (χ0n) is 10.4. The van der Waals surface area contributed by atoms with E-state index in [1.165, 1.54) is 0 Å². The number of hydrogen-bond acceptors (Lipinski definition) is 3. The van der Waals surface area contributed by atoms with Crippen molar-refractivity contribution in [2.75, 3.05) is 6.61 Å². The molecule has 0 aliphatic heterocycles. The van der Waals surface area contributed by atoms with E-state index >= 15 is 0 Å². The Morgan fingerprint density at radius 3 is 2.76 bits per heavy atom. The van der Waals surface area contributed by atoms with Crippen LogP contribution in [0, 0.1) is 0 Å². The van der Waals surface area contributed by atoms with E-state index in [2.05, 4.69) is 4.98 Å². The molecular weight excluding hydrogens is 214 g/mol. The molecule has 1 aromatic carbocycles. The van der Waals surface area contributed by atoms with Crippen LogP contribution in [-0.4, -0.2) is 17.6 Å². The molecule has 0 saturated heterocycles. The van der Waals surface area contributed by atoms with Crippen LogP contribution in [-0.2, 0) is 4.74 Å². The van der Waals surface area contributed by atoms with Crippen molar-refractivity contribution in [2.24, 2.45) is 0 Å². The van der Waals surface area contributed by atoms with Gasteiger partial charge in [-0.05, 0) is 31.2 Å². The van der Waals surface area contributed by atoms with Crippen LogP contribution in [0.15, 0.2) is 36.5 Å². The van der Waals surface area contributed by atoms with Gasteiger partial charge in [-0.25, -0.2) is 4.79 Å². The minimum absolute atomic E-state index is 0.289. The third-order valence-corrected chi connectivity index (χ3v) is 2.11. The fourth-order valence-corrected chi connectivity index (χ4v) is 1.42. The van der Waals surface area contributed by atoms with Crippen molar-refractivity contribution in [2.45, 2.75) is 20.8 Å². The number of ether oxygens (including phenoxy) is 1. The van der Waals surface area contributed by atoms with Crippen LogP contribution < -0.4 is 0 Å². The zero-order valence-corrected chi connectivity index (χ0v) is 10.4. The van der Waals surface area contributed by atoms with Gasteiger partial charge in [0.2, 0.25) is 0 Å². The molecule has 0 N–H and O–H groups in total. The van der Waals surface area contributed by atoms with Gasteiger partial charge in [-0.2, -0.15) is 0 Å². The highest BCUT2D eigenvalue weighted by Crippen LogP contribution is 2.13. The Morgan fingerprint density at radius 1 is 1.29 bits per heavy atom. The second-order valence-electron chi connectivity index (χ2n) is 3.13. The highest BCUT2D eigenvalue weighted by Gasteiger charge is 2.06. The van der Waals surface area contributed by atoms with E-state index in [9.17, 15) is 4.79 Å². The molecule has 3 heteroatoms. The van der Waals surface area contributed by atoms with Crippen molar-refractivity contribution < 1.29 is 9.53 Å². The van der Waals surface area contributed by atoms with Gasteiger partial charge in [0.25, 0.3) is 0 Å². The lowest BCUT2D eigenvalue weighted by Gasteiger charge is -2.02. The molecule has 0 saturated carbocycles. The third kappa shape index (κ3) is 3.28. The van der Waals surface area contributed by atoms with Gasteiger partial charge in [-0.3, -0.25) is 4.98 Å². The summed E-state index contributed by atoms with van der Waals surface area (Å²) in [6, 6.07) is 9.11. The molecule has 17 heavy (non-hydrogen) atoms. The van der Waals surface area contributed by atoms with Gasteiger partial charge in [0.1, 0.15) is 0 Å². The Bertz CT molecular complexity index is 494. The Labute approximate surface area is 101 Å². The number of aromatic nitrogens is 1. The lowest BCUT2D eigenvalue weighted by atomic mass is 10.1. The molecule has 0 unspecified atom stereocenters. The largest absolute Gasteiger partial charge is 0.462 e. The molecule has 1 aromatic heterocycles. The number of benzene rings is 1. The summed E-state index contributed by atoms with van der Waals surface area (Å²) >= 11 is 0. The van der Waals surface area contributed by atoms with Crippen molar-refractivity contribution in [1.82, 2.24) is 4.98 Å². The van der Waals surface area contributed by atoms with E-state index in [1.54, 1.807) is 25.3 Å². The average Bonchev–Trinajstić information content (AvgIpc) is 2.41. The summed E-state index contributed by atoms with van der Waals surface area (Å²) in [5, 5.41) is 0.947. The molecule has 0 radical (unpaired) electrons. The Hall–Kier alpha value is -1.90. The zero-order chi connectivity index (χ0) is 12.7. The smallest absolute Gasteiger partial charge is 0.338 e. The Balaban J connectivity index is 0.000000686. The normalized spacial score (nSPS) is 9.35. The molecule has 0 amide bonds. The van der Waals surface area contributed by atoms with E-state index in [0.717, 1.165) is 10.9 Å². The Morgan fingerprint density at radius 2 is 2.06 bits per heavy atom. The second-order valence-corrected chi connectivity index (χ2v) is 3.13. The van der Waals surface area contributed by atoms with Gasteiger partial charge < -0.3 is 4.74 Å². The molecule has 0 spiro atoms. The standard InChI is InChI=1S/C12H11NO2.C2H6/c1-2-15-12(14)10-5-6-11-9(8-10)4-3-7-13-11;1-2/h3-8H,2H2,1H3;1-2H3. The number of carbonyl (C=O) groups is 1. The van der Waals surface area contributed by atoms with Crippen molar-refractivity contribution in [3.8, 4) is 0 Å². The maximum Gasteiger partial charge on any atom is 0.338 e. The average molecular weight is 231 g/mol. The SMILES string of the molecule is CC.CCOC(=O)c1ccc2ncccc2c1. The summed E-state index contributed by atoms with van der Waals surface area (Å²) in [7, 11) is 0. The number of esters is 1. The lowest BCUT2D eigenvalue weighted by molar-refractivity contribution is 0.0526. The van der Waals surface area contributed by atoms with Crippen LogP contribution >= 0.6 is 0 Å². The van der Waals surface area contributed by atoms with Crippen molar-refractivity contribution in [3.05, 3.63) is 42.1 Å². The quantitative estimate of drug-likeness (QED) is 0.743. The highest BCUT2D eigenvalue weighted by atomic mass is 16.5. The molecule has 0 bridgehead atoms. The van der Waals surface area contributed by atoms with E-state index in [4.69, 9.17) is 4.74 Å². The molecule has 90 valence electrons. The molecule has 2 rings (SSSR count). The minimum atomic E-state index is -0.289. The fraction of sp³-hybridized carbons (Fsp3) is 0.286. The second kappa shape index (κ2) is 6.63. The first-order valence-electron chi connectivity index (χ1n) is 5.83. The van der Waals surface area contributed by atoms with Gasteiger partial charge in [0.15, 0.2) is 0 Å². The molecule has 0 aliphatic rings. The summed E-state index contributed by atoms with van der Waals surface area (Å²) < 4.78 is 4.92. The van der Waals surface area contributed by atoms with Crippen molar-refractivity contribution in [1.29, 1.82) is 0 Å². The van der Waals surface area contributed by atoms with Crippen LogP contribution in [0.25, 0.3) is 10.9 Å². The summed E-state index contributed by atoms with van der Waals surface area (Å²) in [4.78, 5) is 15.6. The number of pyridine rings is 1. The molecule has 1 heterocycles. The van der Waals surface area contributed by atoms with E-state index in [0.29, 0.717) is 12.2 Å². The summed E-state index contributed by atoms with van der Waals surface area (Å²) in [5.41, 5.74) is 1.45. The Kier molecular flexibility index (Phi) is 5.14.